The third kappa shape index (κ3) is 2.93. The van der Waals surface area contributed by atoms with Crippen molar-refractivity contribution in [1.82, 2.24) is 29.7 Å². The van der Waals surface area contributed by atoms with Crippen LogP contribution >= 0.6 is 0 Å². The Balaban J connectivity index is 1.41. The molecule has 1 unspecified atom stereocenters. The van der Waals surface area contributed by atoms with Crippen LogP contribution < -0.4 is 4.90 Å². The lowest BCUT2D eigenvalue weighted by atomic mass is 9.96. The third-order valence-electron chi connectivity index (χ3n) is 6.25. The van der Waals surface area contributed by atoms with E-state index in [1.165, 1.54) is 6.42 Å². The monoisotopic (exact) mass is 397 g/mol. The van der Waals surface area contributed by atoms with E-state index in [9.17, 15) is 0 Å². The molecule has 30 heavy (non-hydrogen) atoms. The van der Waals surface area contributed by atoms with Crippen molar-refractivity contribution in [2.24, 2.45) is 0 Å². The summed E-state index contributed by atoms with van der Waals surface area (Å²) in [5.41, 5.74) is 1.96. The lowest BCUT2D eigenvalue weighted by molar-refractivity contribution is 0.471. The molecule has 3 aromatic heterocycles. The van der Waals surface area contributed by atoms with Crippen LogP contribution in [0.25, 0.3) is 22.3 Å². The highest BCUT2D eigenvalue weighted by atomic mass is 15.3. The second kappa shape index (κ2) is 7.16. The van der Waals surface area contributed by atoms with E-state index >= 15 is 0 Å². The Labute approximate surface area is 174 Å². The largest absolute Gasteiger partial charge is 0.355 e. The molecule has 0 bridgehead atoms. The summed E-state index contributed by atoms with van der Waals surface area (Å²) in [5, 5.41) is 10.1. The number of aryl methyl sites for hydroxylation is 1. The van der Waals surface area contributed by atoms with E-state index in [0.29, 0.717) is 5.92 Å². The molecule has 5 heterocycles. The standard InChI is InChI=1S/C23H23N7/c1-2-7-19-18(6-1)23(26-21(25-19)16-9-11-24-12-10-16)29-13-3-5-17(15-29)22-28-27-20-8-4-14-30(20)22/h1-2,6-7,9-12,17H,3-5,8,13-15H2. The highest BCUT2D eigenvalue weighted by Gasteiger charge is 2.29. The smallest absolute Gasteiger partial charge is 0.162 e. The number of rotatable bonds is 3. The number of anilines is 1. The number of para-hydroxylation sites is 1. The molecule has 6 rings (SSSR count). The first-order chi connectivity index (χ1) is 14.9. The molecular weight excluding hydrogens is 374 g/mol. The van der Waals surface area contributed by atoms with Crippen LogP contribution in [0.1, 0.15) is 36.8 Å². The van der Waals surface area contributed by atoms with Gasteiger partial charge in [-0.2, -0.15) is 0 Å². The highest BCUT2D eigenvalue weighted by molar-refractivity contribution is 5.91. The van der Waals surface area contributed by atoms with Gasteiger partial charge in [0.25, 0.3) is 0 Å². The zero-order valence-corrected chi connectivity index (χ0v) is 16.8. The van der Waals surface area contributed by atoms with Crippen LogP contribution in [0.4, 0.5) is 5.82 Å². The van der Waals surface area contributed by atoms with Crippen LogP contribution in [-0.2, 0) is 13.0 Å². The Morgan fingerprint density at radius 3 is 2.73 bits per heavy atom. The molecule has 7 nitrogen and oxygen atoms in total. The molecule has 2 aliphatic rings. The normalized spacial score (nSPS) is 18.7. The van der Waals surface area contributed by atoms with Crippen LogP contribution in [-0.4, -0.2) is 42.8 Å². The molecule has 0 spiro atoms. The van der Waals surface area contributed by atoms with Crippen LogP contribution in [0.15, 0.2) is 48.8 Å². The highest BCUT2D eigenvalue weighted by Crippen LogP contribution is 2.34. The van der Waals surface area contributed by atoms with Gasteiger partial charge in [0.05, 0.1) is 5.52 Å². The minimum Gasteiger partial charge on any atom is -0.355 e. The summed E-state index contributed by atoms with van der Waals surface area (Å²) < 4.78 is 2.34. The van der Waals surface area contributed by atoms with Crippen molar-refractivity contribution in [3.63, 3.8) is 0 Å². The number of benzene rings is 1. The van der Waals surface area contributed by atoms with Gasteiger partial charge >= 0.3 is 0 Å². The minimum atomic E-state index is 0.385. The molecule has 0 saturated carbocycles. The first kappa shape index (κ1) is 17.5. The van der Waals surface area contributed by atoms with Crippen molar-refractivity contribution in [2.75, 3.05) is 18.0 Å². The molecule has 0 aliphatic carbocycles. The van der Waals surface area contributed by atoms with Crippen molar-refractivity contribution in [1.29, 1.82) is 0 Å². The number of nitrogens with zero attached hydrogens (tertiary/aromatic N) is 7. The fraction of sp³-hybridized carbons (Fsp3) is 0.348. The fourth-order valence-electron chi connectivity index (χ4n) is 4.79. The van der Waals surface area contributed by atoms with Crippen molar-refractivity contribution in [3.8, 4) is 11.4 Å². The molecule has 7 heteroatoms. The van der Waals surface area contributed by atoms with E-state index in [1.807, 2.05) is 18.2 Å². The van der Waals surface area contributed by atoms with E-state index in [0.717, 1.165) is 78.7 Å². The average Bonchev–Trinajstić information content (AvgIpc) is 3.43. The van der Waals surface area contributed by atoms with Gasteiger partial charge in [0.15, 0.2) is 5.82 Å². The molecule has 0 N–H and O–H groups in total. The predicted octanol–water partition coefficient (Wildman–Crippen LogP) is 3.61. The zero-order valence-electron chi connectivity index (χ0n) is 16.8. The van der Waals surface area contributed by atoms with Crippen molar-refractivity contribution >= 4 is 16.7 Å². The van der Waals surface area contributed by atoms with Gasteiger partial charge in [-0.3, -0.25) is 4.98 Å². The second-order valence-corrected chi connectivity index (χ2v) is 8.14. The van der Waals surface area contributed by atoms with Gasteiger partial charge in [-0.05, 0) is 43.5 Å². The molecule has 1 saturated heterocycles. The van der Waals surface area contributed by atoms with Crippen molar-refractivity contribution < 1.29 is 0 Å². The van der Waals surface area contributed by atoms with E-state index in [1.54, 1.807) is 12.4 Å². The topological polar surface area (TPSA) is 72.6 Å². The molecular formula is C23H23N7. The van der Waals surface area contributed by atoms with Gasteiger partial charge in [-0.15, -0.1) is 10.2 Å². The lowest BCUT2D eigenvalue weighted by Crippen LogP contribution is -2.36. The summed E-state index contributed by atoms with van der Waals surface area (Å²) >= 11 is 0. The summed E-state index contributed by atoms with van der Waals surface area (Å²) in [6.45, 7) is 2.96. The van der Waals surface area contributed by atoms with Gasteiger partial charge in [0.2, 0.25) is 0 Å². The van der Waals surface area contributed by atoms with Gasteiger partial charge < -0.3 is 9.47 Å². The molecule has 2 aliphatic heterocycles. The predicted molar refractivity (Wildman–Crippen MR) is 115 cm³/mol. The molecule has 1 aromatic carbocycles. The van der Waals surface area contributed by atoms with Gasteiger partial charge in [0, 0.05) is 55.3 Å². The summed E-state index contributed by atoms with van der Waals surface area (Å²) in [6, 6.07) is 12.2. The SMILES string of the molecule is c1ccc2c(N3CCCC(c4nnc5n4CCC5)C3)nc(-c3ccncc3)nc2c1. The number of pyridine rings is 1. The Morgan fingerprint density at radius 2 is 1.80 bits per heavy atom. The number of hydrogen-bond acceptors (Lipinski definition) is 6. The number of aromatic nitrogens is 6. The van der Waals surface area contributed by atoms with Crippen molar-refractivity contribution in [3.05, 3.63) is 60.4 Å². The van der Waals surface area contributed by atoms with E-state index < -0.39 is 0 Å². The Bertz CT molecular complexity index is 1200. The second-order valence-electron chi connectivity index (χ2n) is 8.14. The summed E-state index contributed by atoms with van der Waals surface area (Å²) in [4.78, 5) is 16.4. The average molecular weight is 397 g/mol. The number of fused-ring (bicyclic) bond motifs is 2. The molecule has 0 amide bonds. The Morgan fingerprint density at radius 1 is 0.900 bits per heavy atom. The molecule has 1 atom stereocenters. The minimum absolute atomic E-state index is 0.385. The van der Waals surface area contributed by atoms with Crippen molar-refractivity contribution in [2.45, 2.75) is 38.1 Å². The maximum atomic E-state index is 5.03. The maximum absolute atomic E-state index is 5.03. The van der Waals surface area contributed by atoms with Crippen LogP contribution in [0.5, 0.6) is 0 Å². The van der Waals surface area contributed by atoms with Gasteiger partial charge in [-0.1, -0.05) is 12.1 Å². The maximum Gasteiger partial charge on any atom is 0.162 e. The first-order valence-corrected chi connectivity index (χ1v) is 10.7. The van der Waals surface area contributed by atoms with Gasteiger partial charge in [-0.25, -0.2) is 9.97 Å². The van der Waals surface area contributed by atoms with E-state index in [4.69, 9.17) is 9.97 Å². The van der Waals surface area contributed by atoms with E-state index in [-0.39, 0.29) is 0 Å². The Kier molecular flexibility index (Phi) is 4.18. The van der Waals surface area contributed by atoms with Crippen LogP contribution in [0, 0.1) is 0 Å². The molecule has 1 fully saturated rings. The zero-order chi connectivity index (χ0) is 19.9. The van der Waals surface area contributed by atoms with Crippen LogP contribution in [0.2, 0.25) is 0 Å². The molecule has 0 radical (unpaired) electrons. The molecule has 150 valence electrons. The quantitative estimate of drug-likeness (QED) is 0.526. The molecule has 4 aromatic rings. The van der Waals surface area contributed by atoms with Crippen LogP contribution in [0.3, 0.4) is 0 Å². The lowest BCUT2D eigenvalue weighted by Gasteiger charge is -2.34. The third-order valence-corrected chi connectivity index (χ3v) is 6.25. The Hall–Kier alpha value is -3.35. The van der Waals surface area contributed by atoms with E-state index in [2.05, 4.69) is 42.8 Å². The van der Waals surface area contributed by atoms with Gasteiger partial charge in [0.1, 0.15) is 17.5 Å². The number of piperidine rings is 1. The number of hydrogen-bond donors (Lipinski definition) is 0. The summed E-state index contributed by atoms with van der Waals surface area (Å²) in [6.07, 6.45) is 8.08. The fourth-order valence-corrected chi connectivity index (χ4v) is 4.79. The first-order valence-electron chi connectivity index (χ1n) is 10.7. The summed E-state index contributed by atoms with van der Waals surface area (Å²) in [5.74, 6) is 4.44. The summed E-state index contributed by atoms with van der Waals surface area (Å²) in [7, 11) is 0.